The summed E-state index contributed by atoms with van der Waals surface area (Å²) in [5.74, 6) is 1.88. The van der Waals surface area contributed by atoms with Gasteiger partial charge in [-0.3, -0.25) is 9.58 Å². The molecule has 22 heavy (non-hydrogen) atoms. The van der Waals surface area contributed by atoms with Crippen LogP contribution in [-0.4, -0.2) is 32.9 Å². The molecule has 1 N–H and O–H groups in total. The highest BCUT2D eigenvalue weighted by molar-refractivity contribution is 5.40. The molecule has 1 saturated carbocycles. The molecule has 0 saturated heterocycles. The van der Waals surface area contributed by atoms with Gasteiger partial charge < -0.3 is 9.84 Å². The summed E-state index contributed by atoms with van der Waals surface area (Å²) < 4.78 is 7.82. The van der Waals surface area contributed by atoms with E-state index in [1.807, 2.05) is 24.0 Å². The van der Waals surface area contributed by atoms with Crippen molar-refractivity contribution in [3.63, 3.8) is 0 Å². The zero-order valence-electron chi connectivity index (χ0n) is 12.8. The molecule has 1 fully saturated rings. The van der Waals surface area contributed by atoms with Crippen molar-refractivity contribution in [1.29, 1.82) is 0 Å². The third kappa shape index (κ3) is 2.57. The second-order valence-corrected chi connectivity index (χ2v) is 6.30. The summed E-state index contributed by atoms with van der Waals surface area (Å²) in [5.41, 5.74) is 3.77. The minimum atomic E-state index is 0.296. The molecule has 1 aromatic heterocycles. The van der Waals surface area contributed by atoms with Gasteiger partial charge in [0.15, 0.2) is 0 Å². The largest absolute Gasteiger partial charge is 0.508 e. The third-order valence-electron chi connectivity index (χ3n) is 4.53. The highest BCUT2D eigenvalue weighted by atomic mass is 16.5. The summed E-state index contributed by atoms with van der Waals surface area (Å²) >= 11 is 0. The average molecular weight is 299 g/mol. The van der Waals surface area contributed by atoms with E-state index in [1.165, 1.54) is 24.1 Å². The van der Waals surface area contributed by atoms with Gasteiger partial charge in [0.25, 0.3) is 0 Å². The highest BCUT2D eigenvalue weighted by Crippen LogP contribution is 2.41. The van der Waals surface area contributed by atoms with Crippen molar-refractivity contribution in [2.45, 2.75) is 31.8 Å². The summed E-state index contributed by atoms with van der Waals surface area (Å²) in [6.07, 6.45) is 4.57. The second-order valence-electron chi connectivity index (χ2n) is 6.30. The number of ether oxygens (including phenoxy) is 1. The molecule has 0 amide bonds. The Bertz CT molecular complexity index is 691. The maximum absolute atomic E-state index is 9.70. The Morgan fingerprint density at radius 2 is 2.23 bits per heavy atom. The number of phenolic OH excluding ortho intramolecular Hbond substituents is 1. The average Bonchev–Trinajstić information content (AvgIpc) is 3.27. The number of hydrogen-bond donors (Lipinski definition) is 1. The van der Waals surface area contributed by atoms with Crippen LogP contribution in [-0.2, 0) is 20.1 Å². The van der Waals surface area contributed by atoms with Crippen LogP contribution in [0.3, 0.4) is 0 Å². The molecule has 4 rings (SSSR count). The predicted octanol–water partition coefficient (Wildman–Crippen LogP) is 2.40. The Balaban J connectivity index is 1.56. The van der Waals surface area contributed by atoms with Gasteiger partial charge in [0.1, 0.15) is 18.1 Å². The van der Waals surface area contributed by atoms with Crippen LogP contribution in [0.5, 0.6) is 11.5 Å². The van der Waals surface area contributed by atoms with Crippen molar-refractivity contribution < 1.29 is 9.84 Å². The van der Waals surface area contributed by atoms with Crippen LogP contribution < -0.4 is 4.74 Å². The van der Waals surface area contributed by atoms with Crippen molar-refractivity contribution in [1.82, 2.24) is 14.7 Å². The molecule has 1 aliphatic carbocycles. The molecule has 116 valence electrons. The zero-order valence-corrected chi connectivity index (χ0v) is 12.8. The fourth-order valence-electron chi connectivity index (χ4n) is 3.31. The van der Waals surface area contributed by atoms with E-state index in [4.69, 9.17) is 4.74 Å². The van der Waals surface area contributed by atoms with E-state index in [9.17, 15) is 5.11 Å². The number of aromatic nitrogens is 2. The molecule has 2 aromatic rings. The first-order valence-corrected chi connectivity index (χ1v) is 7.88. The lowest BCUT2D eigenvalue weighted by Crippen LogP contribution is -2.25. The van der Waals surface area contributed by atoms with Crippen LogP contribution in [0, 0.1) is 0 Å². The Hall–Kier alpha value is -2.01. The normalized spacial score (nSPS) is 18.6. The van der Waals surface area contributed by atoms with Crippen molar-refractivity contribution in [3.05, 3.63) is 41.2 Å². The van der Waals surface area contributed by atoms with E-state index in [0.29, 0.717) is 18.3 Å². The summed E-state index contributed by atoms with van der Waals surface area (Å²) in [6.45, 7) is 3.24. The number of nitrogens with zero attached hydrogens (tertiary/aromatic N) is 3. The molecule has 0 bridgehead atoms. The first-order chi connectivity index (χ1) is 10.7. The van der Waals surface area contributed by atoms with E-state index in [1.54, 1.807) is 12.1 Å². The minimum Gasteiger partial charge on any atom is -0.508 e. The van der Waals surface area contributed by atoms with Gasteiger partial charge in [-0.05, 0) is 31.0 Å². The van der Waals surface area contributed by atoms with E-state index in [2.05, 4.69) is 10.00 Å². The van der Waals surface area contributed by atoms with Gasteiger partial charge in [-0.15, -0.1) is 0 Å². The number of rotatable bonds is 3. The van der Waals surface area contributed by atoms with Gasteiger partial charge in [0.05, 0.1) is 6.20 Å². The van der Waals surface area contributed by atoms with Gasteiger partial charge in [-0.25, -0.2) is 0 Å². The molecule has 1 aliphatic heterocycles. The Kier molecular flexibility index (Phi) is 3.30. The lowest BCUT2D eigenvalue weighted by atomic mass is 10.1. The number of phenols is 1. The quantitative estimate of drug-likeness (QED) is 0.945. The van der Waals surface area contributed by atoms with Crippen molar-refractivity contribution in [2.75, 3.05) is 13.2 Å². The van der Waals surface area contributed by atoms with Gasteiger partial charge in [0, 0.05) is 49.4 Å². The number of fused-ring (bicyclic) bond motifs is 1. The van der Waals surface area contributed by atoms with E-state index in [0.717, 1.165) is 30.9 Å². The van der Waals surface area contributed by atoms with E-state index in [-0.39, 0.29) is 0 Å². The Morgan fingerprint density at radius 3 is 3.05 bits per heavy atom. The first kappa shape index (κ1) is 13.6. The molecule has 0 atom stereocenters. The van der Waals surface area contributed by atoms with Crippen molar-refractivity contribution in [3.8, 4) is 11.5 Å². The molecule has 2 heterocycles. The van der Waals surface area contributed by atoms with Crippen molar-refractivity contribution in [2.24, 2.45) is 7.05 Å². The Morgan fingerprint density at radius 1 is 1.36 bits per heavy atom. The number of aromatic hydroxyl groups is 1. The highest BCUT2D eigenvalue weighted by Gasteiger charge is 2.30. The smallest absolute Gasteiger partial charge is 0.124 e. The predicted molar refractivity (Wildman–Crippen MR) is 82.9 cm³/mol. The summed E-state index contributed by atoms with van der Waals surface area (Å²) in [6, 6.07) is 5.34. The molecule has 0 unspecified atom stereocenters. The third-order valence-corrected chi connectivity index (χ3v) is 4.53. The molecule has 2 aliphatic rings. The lowest BCUT2D eigenvalue weighted by Gasteiger charge is -2.19. The standard InChI is InChI=1S/C17H21N3O2/c1-19-17(12-2-3-12)14(9-18-19)11-20-6-7-22-16-5-4-15(21)8-13(16)10-20/h4-5,8-9,12,21H,2-3,6-7,10-11H2,1H3. The minimum absolute atomic E-state index is 0.296. The van der Waals surface area contributed by atoms with E-state index >= 15 is 0 Å². The van der Waals surface area contributed by atoms with E-state index < -0.39 is 0 Å². The molecule has 0 spiro atoms. The van der Waals surface area contributed by atoms with Crippen LogP contribution >= 0.6 is 0 Å². The monoisotopic (exact) mass is 299 g/mol. The van der Waals surface area contributed by atoms with Crippen LogP contribution in [0.2, 0.25) is 0 Å². The maximum atomic E-state index is 9.70. The lowest BCUT2D eigenvalue weighted by molar-refractivity contribution is 0.219. The van der Waals surface area contributed by atoms with Crippen LogP contribution in [0.15, 0.2) is 24.4 Å². The van der Waals surface area contributed by atoms with Crippen LogP contribution in [0.1, 0.15) is 35.6 Å². The SMILES string of the molecule is Cn1ncc(CN2CCOc3ccc(O)cc3C2)c1C1CC1. The fraction of sp³-hybridized carbons (Fsp3) is 0.471. The summed E-state index contributed by atoms with van der Waals surface area (Å²) in [7, 11) is 2.04. The number of benzene rings is 1. The van der Waals surface area contributed by atoms with Gasteiger partial charge in [-0.1, -0.05) is 0 Å². The second kappa shape index (κ2) is 5.32. The number of hydrogen-bond acceptors (Lipinski definition) is 4. The number of aryl methyl sites for hydroxylation is 1. The molecular formula is C17H21N3O2. The molecule has 1 aromatic carbocycles. The molecule has 5 nitrogen and oxygen atoms in total. The Labute approximate surface area is 130 Å². The van der Waals surface area contributed by atoms with Crippen LogP contribution in [0.25, 0.3) is 0 Å². The van der Waals surface area contributed by atoms with Gasteiger partial charge in [0.2, 0.25) is 0 Å². The molecule has 5 heteroatoms. The molecular weight excluding hydrogens is 278 g/mol. The van der Waals surface area contributed by atoms with Crippen LogP contribution in [0.4, 0.5) is 0 Å². The zero-order chi connectivity index (χ0) is 15.1. The fourth-order valence-corrected chi connectivity index (χ4v) is 3.31. The topological polar surface area (TPSA) is 50.5 Å². The van der Waals surface area contributed by atoms with Crippen molar-refractivity contribution >= 4 is 0 Å². The van der Waals surface area contributed by atoms with Gasteiger partial charge in [-0.2, -0.15) is 5.10 Å². The maximum Gasteiger partial charge on any atom is 0.124 e. The summed E-state index contributed by atoms with van der Waals surface area (Å²) in [5, 5.41) is 14.1. The first-order valence-electron chi connectivity index (χ1n) is 7.88. The molecule has 0 radical (unpaired) electrons. The van der Waals surface area contributed by atoms with Gasteiger partial charge >= 0.3 is 0 Å². The summed E-state index contributed by atoms with van der Waals surface area (Å²) in [4.78, 5) is 2.37.